The quantitative estimate of drug-likeness (QED) is 0.466. The van der Waals surface area contributed by atoms with E-state index in [2.05, 4.69) is 5.32 Å². The molecule has 3 aromatic rings. The van der Waals surface area contributed by atoms with E-state index in [0.717, 1.165) is 10.5 Å². The lowest BCUT2D eigenvalue weighted by molar-refractivity contribution is -0.170. The van der Waals surface area contributed by atoms with Gasteiger partial charge < -0.3 is 10.1 Å². The van der Waals surface area contributed by atoms with Gasteiger partial charge in [-0.2, -0.15) is 13.2 Å². The molecule has 2 aromatic carbocycles. The van der Waals surface area contributed by atoms with Crippen molar-refractivity contribution in [3.05, 3.63) is 87.8 Å². The largest absolute Gasteiger partial charge is 0.497 e. The van der Waals surface area contributed by atoms with Crippen LogP contribution in [0.15, 0.2) is 77.3 Å². The Bertz CT molecular complexity index is 1300. The predicted molar refractivity (Wildman–Crippen MR) is 128 cm³/mol. The summed E-state index contributed by atoms with van der Waals surface area (Å²) in [7, 11) is 1.57. The minimum atomic E-state index is -5.11. The SMILES string of the molecule is COc1ccc([C@H]2CC(=O)C3=C(C2)Nc2ccccc2N(C(=O)C(F)(F)F)[C@@H]3c2cccs2)cc1. The highest BCUT2D eigenvalue weighted by molar-refractivity contribution is 7.10. The summed E-state index contributed by atoms with van der Waals surface area (Å²) in [6.45, 7) is 0. The van der Waals surface area contributed by atoms with Gasteiger partial charge in [0, 0.05) is 22.6 Å². The van der Waals surface area contributed by atoms with Gasteiger partial charge in [-0.05, 0) is 53.6 Å². The molecule has 5 nitrogen and oxygen atoms in total. The summed E-state index contributed by atoms with van der Waals surface area (Å²) >= 11 is 1.21. The Balaban J connectivity index is 1.67. The van der Waals surface area contributed by atoms with Crippen LogP contribution in [0.2, 0.25) is 0 Å². The molecular formula is C26H21F3N2O3S. The van der Waals surface area contributed by atoms with Crippen molar-refractivity contribution in [2.45, 2.75) is 31.0 Å². The number of methoxy groups -OCH3 is 1. The number of Topliss-reactive ketones (excluding diaryl/α,β-unsaturated/α-hetero) is 1. The summed E-state index contributed by atoms with van der Waals surface area (Å²) in [6.07, 6.45) is -4.58. The smallest absolute Gasteiger partial charge is 0.471 e. The molecule has 0 saturated heterocycles. The number of anilines is 2. The third-order valence-electron chi connectivity index (χ3n) is 6.35. The summed E-state index contributed by atoms with van der Waals surface area (Å²) in [5.74, 6) is -1.77. The van der Waals surface area contributed by atoms with Crippen LogP contribution in [0.3, 0.4) is 0 Å². The normalized spacial score (nSPS) is 20.0. The summed E-state index contributed by atoms with van der Waals surface area (Å²) < 4.78 is 46.7. The Kier molecular flexibility index (Phi) is 5.88. The Labute approximate surface area is 203 Å². The Hall–Kier alpha value is -3.59. The van der Waals surface area contributed by atoms with Gasteiger partial charge in [0.15, 0.2) is 5.78 Å². The molecule has 5 rings (SSSR count). The lowest BCUT2D eigenvalue weighted by atomic mass is 9.79. The second-order valence-electron chi connectivity index (χ2n) is 8.43. The molecule has 0 spiro atoms. The van der Waals surface area contributed by atoms with Gasteiger partial charge in [-0.15, -0.1) is 11.3 Å². The maximum absolute atomic E-state index is 13.8. The number of rotatable bonds is 3. The second-order valence-corrected chi connectivity index (χ2v) is 9.41. The lowest BCUT2D eigenvalue weighted by Gasteiger charge is -2.34. The zero-order valence-corrected chi connectivity index (χ0v) is 19.5. The minimum absolute atomic E-state index is 0.0800. The third kappa shape index (κ3) is 4.20. The van der Waals surface area contributed by atoms with E-state index in [1.807, 2.05) is 24.3 Å². The third-order valence-corrected chi connectivity index (χ3v) is 7.27. The number of carbonyl (C=O) groups excluding carboxylic acids is 2. The van der Waals surface area contributed by atoms with Crippen LogP contribution in [0.5, 0.6) is 5.75 Å². The topological polar surface area (TPSA) is 58.6 Å². The maximum Gasteiger partial charge on any atom is 0.471 e. The number of fused-ring (bicyclic) bond motifs is 1. The number of ether oxygens (including phenoxy) is 1. The minimum Gasteiger partial charge on any atom is -0.497 e. The molecule has 0 fully saturated rings. The number of halogens is 3. The second kappa shape index (κ2) is 8.88. The summed E-state index contributed by atoms with van der Waals surface area (Å²) in [5.41, 5.74) is 2.09. The van der Waals surface area contributed by atoms with Crippen molar-refractivity contribution in [2.24, 2.45) is 0 Å². The van der Waals surface area contributed by atoms with Crippen LogP contribution in [0.4, 0.5) is 24.5 Å². The van der Waals surface area contributed by atoms with Crippen LogP contribution in [0, 0.1) is 0 Å². The Morgan fingerprint density at radius 1 is 1.06 bits per heavy atom. The van der Waals surface area contributed by atoms with Crippen LogP contribution >= 0.6 is 11.3 Å². The fraction of sp³-hybridized carbons (Fsp3) is 0.231. The van der Waals surface area contributed by atoms with Gasteiger partial charge in [-0.3, -0.25) is 14.5 Å². The number of allylic oxidation sites excluding steroid dienone is 1. The van der Waals surface area contributed by atoms with Crippen LogP contribution in [0.1, 0.15) is 35.2 Å². The van der Waals surface area contributed by atoms with Gasteiger partial charge in [-0.25, -0.2) is 0 Å². The first-order valence-electron chi connectivity index (χ1n) is 11.0. The van der Waals surface area contributed by atoms with Crippen molar-refractivity contribution >= 4 is 34.4 Å². The Morgan fingerprint density at radius 2 is 1.80 bits per heavy atom. The number of amides is 1. The number of hydrogen-bond acceptors (Lipinski definition) is 5. The molecule has 1 aliphatic heterocycles. The van der Waals surface area contributed by atoms with Crippen molar-refractivity contribution in [1.29, 1.82) is 0 Å². The van der Waals surface area contributed by atoms with Crippen LogP contribution < -0.4 is 15.0 Å². The van der Waals surface area contributed by atoms with Crippen LogP contribution in [0.25, 0.3) is 0 Å². The number of hydrogen-bond donors (Lipinski definition) is 1. The first-order chi connectivity index (χ1) is 16.8. The molecule has 0 radical (unpaired) electrons. The summed E-state index contributed by atoms with van der Waals surface area (Å²) in [6, 6.07) is 15.9. The van der Waals surface area contributed by atoms with E-state index in [4.69, 9.17) is 4.74 Å². The number of nitrogens with one attached hydrogen (secondary N) is 1. The van der Waals surface area contributed by atoms with Gasteiger partial charge in [-0.1, -0.05) is 30.3 Å². The van der Waals surface area contributed by atoms with Gasteiger partial charge >= 0.3 is 12.1 Å². The van der Waals surface area contributed by atoms with Crippen molar-refractivity contribution in [3.8, 4) is 5.75 Å². The van der Waals surface area contributed by atoms with Gasteiger partial charge in [0.1, 0.15) is 11.8 Å². The van der Waals surface area contributed by atoms with E-state index in [1.54, 1.807) is 42.8 Å². The van der Waals surface area contributed by atoms with Crippen LogP contribution in [-0.4, -0.2) is 25.0 Å². The van der Waals surface area contributed by atoms with E-state index >= 15 is 0 Å². The lowest BCUT2D eigenvalue weighted by Crippen LogP contribution is -2.45. The standard InChI is InChI=1S/C26H21F3N2O3S/c1-34-17-10-8-15(9-11-17)16-13-19-23(21(32)14-16)24(22-7-4-12-35-22)31(25(33)26(27,28)29)20-6-3-2-5-18(20)30-19/h2-12,16,24,30H,13-14H2,1H3/t16-,24-/m1/s1. The van der Waals surface area contributed by atoms with E-state index < -0.39 is 18.1 Å². The predicted octanol–water partition coefficient (Wildman–Crippen LogP) is 6.22. The average molecular weight is 499 g/mol. The molecule has 1 aliphatic carbocycles. The van der Waals surface area contributed by atoms with Crippen LogP contribution in [-0.2, 0) is 9.59 Å². The maximum atomic E-state index is 13.8. The summed E-state index contributed by atoms with van der Waals surface area (Å²) in [5, 5.41) is 4.95. The van der Waals surface area contributed by atoms with Gasteiger partial charge in [0.05, 0.1) is 18.5 Å². The molecule has 2 heterocycles. The van der Waals surface area contributed by atoms with Crippen molar-refractivity contribution < 1.29 is 27.5 Å². The molecule has 35 heavy (non-hydrogen) atoms. The fourth-order valence-electron chi connectivity index (χ4n) is 4.78. The van der Waals surface area contributed by atoms with Gasteiger partial charge in [0.2, 0.25) is 0 Å². The highest BCUT2D eigenvalue weighted by Gasteiger charge is 2.50. The zero-order valence-electron chi connectivity index (χ0n) is 18.6. The highest BCUT2D eigenvalue weighted by atomic mass is 32.1. The molecule has 180 valence electrons. The number of carbonyl (C=O) groups is 2. The zero-order chi connectivity index (χ0) is 24.7. The van der Waals surface area contributed by atoms with Crippen molar-refractivity contribution in [3.63, 3.8) is 0 Å². The monoisotopic (exact) mass is 498 g/mol. The first-order valence-corrected chi connectivity index (χ1v) is 11.9. The van der Waals surface area contributed by atoms with E-state index in [0.29, 0.717) is 28.4 Å². The Morgan fingerprint density at radius 3 is 2.46 bits per heavy atom. The highest BCUT2D eigenvalue weighted by Crippen LogP contribution is 2.49. The average Bonchev–Trinajstić information content (AvgIpc) is 3.32. The number of alkyl halides is 3. The molecule has 2 atom stereocenters. The molecule has 0 bridgehead atoms. The summed E-state index contributed by atoms with van der Waals surface area (Å²) in [4.78, 5) is 27.6. The number of ketones is 1. The number of benzene rings is 2. The molecule has 1 amide bonds. The van der Waals surface area contributed by atoms with E-state index in [1.165, 1.54) is 17.4 Å². The first kappa shape index (κ1) is 23.2. The number of para-hydroxylation sites is 2. The molecule has 0 unspecified atom stereocenters. The number of nitrogens with zero attached hydrogens (tertiary/aromatic N) is 1. The molecule has 1 N–H and O–H groups in total. The molecule has 0 saturated carbocycles. The molecule has 2 aliphatic rings. The van der Waals surface area contributed by atoms with E-state index in [-0.39, 0.29) is 29.4 Å². The number of thiophene rings is 1. The molecule has 1 aromatic heterocycles. The van der Waals surface area contributed by atoms with Crippen molar-refractivity contribution in [2.75, 3.05) is 17.3 Å². The van der Waals surface area contributed by atoms with Crippen molar-refractivity contribution in [1.82, 2.24) is 0 Å². The molecular weight excluding hydrogens is 477 g/mol. The fourth-order valence-corrected chi connectivity index (χ4v) is 5.60. The molecule has 9 heteroatoms. The van der Waals surface area contributed by atoms with Gasteiger partial charge in [0.25, 0.3) is 0 Å². The van der Waals surface area contributed by atoms with E-state index in [9.17, 15) is 22.8 Å².